The highest BCUT2D eigenvalue weighted by Gasteiger charge is 2.43. The summed E-state index contributed by atoms with van der Waals surface area (Å²) in [5.74, 6) is 1.69. The largest absolute Gasteiger partial charge is 0.352 e. The maximum atomic E-state index is 13.2. The Balaban J connectivity index is 1.28. The van der Waals surface area contributed by atoms with Gasteiger partial charge in [-0.3, -0.25) is 4.79 Å². The maximum Gasteiger partial charge on any atom is 0.243 e. The minimum Gasteiger partial charge on any atom is -0.352 e. The molecule has 28 heavy (non-hydrogen) atoms. The lowest BCUT2D eigenvalue weighted by atomic mass is 9.95. The first-order valence-corrected chi connectivity index (χ1v) is 9.63. The van der Waals surface area contributed by atoms with E-state index in [2.05, 4.69) is 32.3 Å². The number of fused-ring (bicyclic) bond motifs is 2. The van der Waals surface area contributed by atoms with E-state index >= 15 is 0 Å². The summed E-state index contributed by atoms with van der Waals surface area (Å²) in [7, 11) is 0. The summed E-state index contributed by atoms with van der Waals surface area (Å²) < 4.78 is 1.75. The van der Waals surface area contributed by atoms with Crippen molar-refractivity contribution in [3.8, 4) is 0 Å². The number of amides is 1. The number of piperazine rings is 1. The van der Waals surface area contributed by atoms with Gasteiger partial charge in [0.25, 0.3) is 0 Å². The molecular formula is C20H23N7O. The van der Waals surface area contributed by atoms with Crippen LogP contribution < -0.4 is 10.6 Å². The monoisotopic (exact) mass is 377 g/mol. The lowest BCUT2D eigenvalue weighted by Gasteiger charge is -2.38. The van der Waals surface area contributed by atoms with Gasteiger partial charge < -0.3 is 15.5 Å². The van der Waals surface area contributed by atoms with Crippen LogP contribution in [-0.4, -0.2) is 62.3 Å². The van der Waals surface area contributed by atoms with E-state index in [1.165, 1.54) is 11.1 Å². The minimum absolute atomic E-state index is 0.0569. The van der Waals surface area contributed by atoms with Crippen molar-refractivity contribution in [1.29, 1.82) is 0 Å². The molecule has 1 aliphatic heterocycles. The van der Waals surface area contributed by atoms with Crippen LogP contribution in [0.3, 0.4) is 0 Å². The van der Waals surface area contributed by atoms with Gasteiger partial charge in [-0.05, 0) is 43.0 Å². The number of anilines is 1. The van der Waals surface area contributed by atoms with Gasteiger partial charge in [0.2, 0.25) is 5.91 Å². The first-order valence-electron chi connectivity index (χ1n) is 9.63. The van der Waals surface area contributed by atoms with Crippen LogP contribution in [0.2, 0.25) is 0 Å². The number of carbonyl (C=O) groups is 1. The average molecular weight is 377 g/mol. The van der Waals surface area contributed by atoms with Crippen molar-refractivity contribution in [1.82, 2.24) is 24.7 Å². The molecule has 0 bridgehead atoms. The second kappa shape index (κ2) is 6.27. The van der Waals surface area contributed by atoms with Crippen molar-refractivity contribution in [2.45, 2.75) is 25.3 Å². The van der Waals surface area contributed by atoms with Gasteiger partial charge in [0.05, 0.1) is 0 Å². The Morgan fingerprint density at radius 1 is 1.00 bits per heavy atom. The third kappa shape index (κ3) is 2.72. The van der Waals surface area contributed by atoms with E-state index in [0.717, 1.165) is 30.4 Å². The molecule has 1 saturated heterocycles. The Hall–Kier alpha value is -3.00. The summed E-state index contributed by atoms with van der Waals surface area (Å²) in [6, 6.07) is 12.0. The Kier molecular flexibility index (Phi) is 3.83. The van der Waals surface area contributed by atoms with Crippen LogP contribution in [-0.2, 0) is 17.6 Å². The minimum atomic E-state index is -0.817. The standard InChI is InChI=1S/C20H23N7O/c1-14-22-23-17-6-7-18(24-27(14)17)25-8-10-26(11-9-25)19(28)20(21)12-15-4-2-3-5-16(15)13-20/h2-7H,8-13,21H2,1H3. The van der Waals surface area contributed by atoms with Crippen molar-refractivity contribution < 1.29 is 4.79 Å². The average Bonchev–Trinajstić information content (AvgIpc) is 3.27. The first kappa shape index (κ1) is 17.1. The Morgan fingerprint density at radius 3 is 2.36 bits per heavy atom. The number of aryl methyl sites for hydroxylation is 1. The van der Waals surface area contributed by atoms with Gasteiger partial charge >= 0.3 is 0 Å². The molecule has 3 aromatic rings. The zero-order valence-electron chi connectivity index (χ0n) is 15.9. The van der Waals surface area contributed by atoms with Crippen LogP contribution in [0.5, 0.6) is 0 Å². The predicted octanol–water partition coefficient (Wildman–Crippen LogP) is 0.578. The summed E-state index contributed by atoms with van der Waals surface area (Å²) in [6.07, 6.45) is 1.24. The molecule has 2 aromatic heterocycles. The van der Waals surface area contributed by atoms with E-state index in [1.54, 1.807) is 4.52 Å². The molecule has 2 N–H and O–H groups in total. The second-order valence-corrected chi connectivity index (χ2v) is 7.77. The predicted molar refractivity (Wildman–Crippen MR) is 105 cm³/mol. The van der Waals surface area contributed by atoms with Crippen LogP contribution in [0.15, 0.2) is 36.4 Å². The number of hydrogen-bond acceptors (Lipinski definition) is 6. The quantitative estimate of drug-likeness (QED) is 0.702. The zero-order chi connectivity index (χ0) is 19.3. The van der Waals surface area contributed by atoms with Crippen LogP contribution in [0, 0.1) is 6.92 Å². The lowest BCUT2D eigenvalue weighted by Crippen LogP contribution is -2.60. The summed E-state index contributed by atoms with van der Waals surface area (Å²) in [6.45, 7) is 4.64. The van der Waals surface area contributed by atoms with Gasteiger partial charge in [0.1, 0.15) is 11.4 Å². The molecule has 144 valence electrons. The third-order valence-electron chi connectivity index (χ3n) is 5.85. The molecule has 1 amide bonds. The molecule has 3 heterocycles. The molecule has 1 aromatic carbocycles. The summed E-state index contributed by atoms with van der Waals surface area (Å²) in [4.78, 5) is 17.3. The number of rotatable bonds is 2. The van der Waals surface area contributed by atoms with Crippen molar-refractivity contribution >= 4 is 17.4 Å². The van der Waals surface area contributed by atoms with Crippen LogP contribution in [0.4, 0.5) is 5.82 Å². The number of carbonyl (C=O) groups excluding carboxylic acids is 1. The molecule has 0 saturated carbocycles. The van der Waals surface area contributed by atoms with Gasteiger partial charge in [0, 0.05) is 26.2 Å². The Labute approximate surface area is 162 Å². The van der Waals surface area contributed by atoms with E-state index in [9.17, 15) is 4.79 Å². The molecule has 0 radical (unpaired) electrons. The molecule has 1 aliphatic carbocycles. The SMILES string of the molecule is Cc1nnc2ccc(N3CCN(C(=O)C4(N)Cc5ccccc5C4)CC3)nn12. The van der Waals surface area contributed by atoms with Crippen molar-refractivity contribution in [2.24, 2.45) is 5.73 Å². The van der Waals surface area contributed by atoms with Gasteiger partial charge in [-0.15, -0.1) is 15.3 Å². The van der Waals surface area contributed by atoms with Crippen molar-refractivity contribution in [3.63, 3.8) is 0 Å². The molecule has 5 rings (SSSR count). The highest BCUT2D eigenvalue weighted by Crippen LogP contribution is 2.30. The lowest BCUT2D eigenvalue weighted by molar-refractivity contribution is -0.137. The van der Waals surface area contributed by atoms with Crippen molar-refractivity contribution in [3.05, 3.63) is 53.3 Å². The van der Waals surface area contributed by atoms with E-state index in [1.807, 2.05) is 36.1 Å². The van der Waals surface area contributed by atoms with Crippen LogP contribution >= 0.6 is 0 Å². The van der Waals surface area contributed by atoms with E-state index in [4.69, 9.17) is 5.73 Å². The number of benzene rings is 1. The molecule has 0 spiro atoms. The molecule has 1 fully saturated rings. The zero-order valence-corrected chi connectivity index (χ0v) is 15.9. The molecule has 8 nitrogen and oxygen atoms in total. The summed E-state index contributed by atoms with van der Waals surface area (Å²) >= 11 is 0. The molecular weight excluding hydrogens is 354 g/mol. The number of hydrogen-bond donors (Lipinski definition) is 1. The van der Waals surface area contributed by atoms with Crippen LogP contribution in [0.1, 0.15) is 17.0 Å². The normalized spacial score (nSPS) is 18.5. The molecule has 0 atom stereocenters. The third-order valence-corrected chi connectivity index (χ3v) is 5.85. The number of nitrogens with two attached hydrogens (primary N) is 1. The Bertz CT molecular complexity index is 1030. The summed E-state index contributed by atoms with van der Waals surface area (Å²) in [5.41, 5.74) is 8.87. The maximum absolute atomic E-state index is 13.2. The van der Waals surface area contributed by atoms with Gasteiger partial charge in [-0.2, -0.15) is 4.52 Å². The van der Waals surface area contributed by atoms with Gasteiger partial charge in [-0.25, -0.2) is 0 Å². The van der Waals surface area contributed by atoms with Gasteiger partial charge in [0.15, 0.2) is 11.5 Å². The fourth-order valence-corrected chi connectivity index (χ4v) is 4.30. The second-order valence-electron chi connectivity index (χ2n) is 7.77. The van der Waals surface area contributed by atoms with E-state index in [-0.39, 0.29) is 5.91 Å². The van der Waals surface area contributed by atoms with E-state index in [0.29, 0.717) is 25.9 Å². The summed E-state index contributed by atoms with van der Waals surface area (Å²) in [5, 5.41) is 12.8. The van der Waals surface area contributed by atoms with Crippen molar-refractivity contribution in [2.75, 3.05) is 31.1 Å². The fourth-order valence-electron chi connectivity index (χ4n) is 4.30. The molecule has 8 heteroatoms. The highest BCUT2D eigenvalue weighted by molar-refractivity contribution is 5.88. The number of aromatic nitrogens is 4. The van der Waals surface area contributed by atoms with Gasteiger partial charge in [-0.1, -0.05) is 24.3 Å². The fraction of sp³-hybridized carbons (Fsp3) is 0.400. The highest BCUT2D eigenvalue weighted by atomic mass is 16.2. The smallest absolute Gasteiger partial charge is 0.243 e. The Morgan fingerprint density at radius 2 is 1.68 bits per heavy atom. The molecule has 0 unspecified atom stereocenters. The number of nitrogens with zero attached hydrogens (tertiary/aromatic N) is 6. The topological polar surface area (TPSA) is 92.7 Å². The first-order chi connectivity index (χ1) is 13.5. The van der Waals surface area contributed by atoms with E-state index < -0.39 is 5.54 Å². The van der Waals surface area contributed by atoms with Crippen LogP contribution in [0.25, 0.3) is 5.65 Å². The molecule has 2 aliphatic rings.